The molecule has 2 aromatic rings. The second kappa shape index (κ2) is 12.4. The Hall–Kier alpha value is -2.43. The summed E-state index contributed by atoms with van der Waals surface area (Å²) in [4.78, 5) is 23.5. The summed E-state index contributed by atoms with van der Waals surface area (Å²) in [5.74, 6) is -0.770. The second-order valence-corrected chi connectivity index (χ2v) is 11.1. The molecule has 37 heavy (non-hydrogen) atoms. The number of rotatable bonds is 10. The number of nitrogens with two attached hydrogens (primary N) is 1. The molecule has 0 aliphatic carbocycles. The van der Waals surface area contributed by atoms with Crippen LogP contribution >= 0.6 is 11.8 Å². The van der Waals surface area contributed by atoms with Gasteiger partial charge in [-0.2, -0.15) is 0 Å². The summed E-state index contributed by atoms with van der Waals surface area (Å²) in [5, 5.41) is 33.6. The number of primary amides is 1. The largest absolute Gasteiger partial charge is 0.387 e. The highest BCUT2D eigenvalue weighted by atomic mass is 32.2. The maximum Gasteiger partial charge on any atom is 0.242 e. The van der Waals surface area contributed by atoms with Gasteiger partial charge >= 0.3 is 0 Å². The molecule has 8 nitrogen and oxygen atoms in total. The third kappa shape index (κ3) is 7.33. The summed E-state index contributed by atoms with van der Waals surface area (Å²) in [7, 11) is 0. The van der Waals surface area contributed by atoms with Crippen LogP contribution in [-0.2, 0) is 27.2 Å². The Bertz CT molecular complexity index is 1090. The minimum absolute atomic E-state index is 0.200. The van der Waals surface area contributed by atoms with Gasteiger partial charge in [-0.05, 0) is 74.1 Å². The van der Waals surface area contributed by atoms with Crippen molar-refractivity contribution < 1.29 is 29.6 Å². The monoisotopic (exact) mass is 530 g/mol. The molecule has 2 aromatic carbocycles. The van der Waals surface area contributed by atoms with Gasteiger partial charge in [0.15, 0.2) is 0 Å². The third-order valence-corrected chi connectivity index (χ3v) is 7.71. The molecule has 0 aromatic heterocycles. The molecule has 0 radical (unpaired) electrons. The number of nitrogens with one attached hydrogen (secondary N) is 1. The zero-order valence-corrected chi connectivity index (χ0v) is 22.6. The van der Waals surface area contributed by atoms with E-state index < -0.39 is 41.3 Å². The van der Waals surface area contributed by atoms with Crippen LogP contribution in [0.2, 0.25) is 0 Å². The molecular weight excluding hydrogens is 492 g/mol. The minimum atomic E-state index is -1.28. The highest BCUT2D eigenvalue weighted by Crippen LogP contribution is 2.36. The number of carbonyl (C=O) groups excluding carboxylic acids is 2. The van der Waals surface area contributed by atoms with Crippen LogP contribution in [0.5, 0.6) is 0 Å². The van der Waals surface area contributed by atoms with E-state index in [4.69, 9.17) is 10.5 Å². The van der Waals surface area contributed by atoms with E-state index in [9.17, 15) is 24.9 Å². The number of amides is 2. The van der Waals surface area contributed by atoms with Crippen molar-refractivity contribution in [2.45, 2.75) is 81.8 Å². The van der Waals surface area contributed by atoms with Crippen LogP contribution in [0.4, 0.5) is 0 Å². The van der Waals surface area contributed by atoms with Gasteiger partial charge in [-0.15, -0.1) is 11.8 Å². The molecule has 202 valence electrons. The normalized spacial score (nSPS) is 24.0. The van der Waals surface area contributed by atoms with Crippen molar-refractivity contribution in [3.05, 3.63) is 70.3 Å². The number of hydrogen-bond donors (Lipinski definition) is 5. The Morgan fingerprint density at radius 2 is 1.68 bits per heavy atom. The van der Waals surface area contributed by atoms with E-state index in [-0.39, 0.29) is 5.91 Å². The summed E-state index contributed by atoms with van der Waals surface area (Å²) in [6, 6.07) is 14.1. The molecule has 2 amide bonds. The van der Waals surface area contributed by atoms with E-state index in [1.54, 1.807) is 20.1 Å². The molecule has 3 rings (SSSR count). The number of hydrogen-bond acceptors (Lipinski definition) is 7. The van der Waals surface area contributed by atoms with Gasteiger partial charge in [0.05, 0.1) is 0 Å². The Morgan fingerprint density at radius 1 is 1.03 bits per heavy atom. The van der Waals surface area contributed by atoms with Crippen LogP contribution in [0.3, 0.4) is 0 Å². The van der Waals surface area contributed by atoms with Crippen LogP contribution < -0.4 is 11.1 Å². The molecule has 1 saturated heterocycles. The topological polar surface area (TPSA) is 142 Å². The number of ether oxygens (including phenoxy) is 1. The van der Waals surface area contributed by atoms with E-state index in [1.807, 2.05) is 25.1 Å². The first kappa shape index (κ1) is 29.1. The maximum absolute atomic E-state index is 12.1. The van der Waals surface area contributed by atoms with E-state index in [0.29, 0.717) is 19.3 Å². The standard InChI is InChI=1S/C28H38N2O6S/c1-16-8-13-19(25-23(33)22(32)24(34)26(36-25)37-4)15-20(16)14-18-11-9-17(10-12-18)6-5-7-21(31)30-28(2,3)27(29)35/h8-13,15,22-26,32-34H,5-7,14H2,1-4H3,(H2,29,35)(H,30,31)/t22-,23-,24+,25+,26-/m1/s1. The first-order chi connectivity index (χ1) is 17.4. The van der Waals surface area contributed by atoms with Crippen LogP contribution in [0.15, 0.2) is 42.5 Å². The third-order valence-electron chi connectivity index (χ3n) is 6.86. The van der Waals surface area contributed by atoms with Gasteiger partial charge in [0.1, 0.15) is 35.4 Å². The van der Waals surface area contributed by atoms with Gasteiger partial charge in [0, 0.05) is 6.42 Å². The number of thioether (sulfide) groups is 1. The summed E-state index contributed by atoms with van der Waals surface area (Å²) in [6.07, 6.45) is -0.217. The van der Waals surface area contributed by atoms with E-state index >= 15 is 0 Å². The van der Waals surface area contributed by atoms with E-state index in [1.165, 1.54) is 11.8 Å². The number of aliphatic hydroxyl groups is 3. The Labute approximate surface area is 222 Å². The van der Waals surface area contributed by atoms with Crippen molar-refractivity contribution >= 4 is 23.6 Å². The van der Waals surface area contributed by atoms with Gasteiger partial charge in [-0.3, -0.25) is 9.59 Å². The lowest BCUT2D eigenvalue weighted by atomic mass is 9.91. The fraction of sp³-hybridized carbons (Fsp3) is 0.500. The highest BCUT2D eigenvalue weighted by molar-refractivity contribution is 7.99. The Balaban J connectivity index is 1.61. The molecule has 9 heteroatoms. The van der Waals surface area contributed by atoms with Gasteiger partial charge in [-0.25, -0.2) is 0 Å². The van der Waals surface area contributed by atoms with Crippen molar-refractivity contribution in [3.63, 3.8) is 0 Å². The molecule has 0 unspecified atom stereocenters. The van der Waals surface area contributed by atoms with E-state index in [0.717, 1.165) is 34.2 Å². The lowest BCUT2D eigenvalue weighted by Gasteiger charge is -2.40. The summed E-state index contributed by atoms with van der Waals surface area (Å²) in [5.41, 5.74) is 8.79. The molecule has 1 heterocycles. The number of carbonyl (C=O) groups is 2. The molecular formula is C28H38N2O6S. The van der Waals surface area contributed by atoms with Crippen molar-refractivity contribution in [2.24, 2.45) is 5.73 Å². The zero-order chi connectivity index (χ0) is 27.3. The molecule has 6 N–H and O–H groups in total. The average Bonchev–Trinajstić information content (AvgIpc) is 2.85. The van der Waals surface area contributed by atoms with Crippen molar-refractivity contribution in [2.75, 3.05) is 6.26 Å². The summed E-state index contributed by atoms with van der Waals surface area (Å²) in [6.45, 7) is 5.20. The van der Waals surface area contributed by atoms with Crippen LogP contribution in [0.1, 0.15) is 60.6 Å². The first-order valence-corrected chi connectivity index (χ1v) is 13.7. The van der Waals surface area contributed by atoms with Crippen molar-refractivity contribution in [1.29, 1.82) is 0 Å². The van der Waals surface area contributed by atoms with Crippen LogP contribution in [0.25, 0.3) is 0 Å². The van der Waals surface area contributed by atoms with Crippen molar-refractivity contribution in [1.82, 2.24) is 5.32 Å². The summed E-state index contributed by atoms with van der Waals surface area (Å²) >= 11 is 1.30. The molecule has 0 spiro atoms. The number of benzene rings is 2. The zero-order valence-electron chi connectivity index (χ0n) is 21.8. The maximum atomic E-state index is 12.1. The van der Waals surface area contributed by atoms with Crippen LogP contribution in [0, 0.1) is 6.92 Å². The number of aryl methyl sites for hydroxylation is 2. The van der Waals surface area contributed by atoms with Gasteiger partial charge in [-0.1, -0.05) is 42.5 Å². The minimum Gasteiger partial charge on any atom is -0.387 e. The highest BCUT2D eigenvalue weighted by Gasteiger charge is 2.44. The van der Waals surface area contributed by atoms with Gasteiger partial charge in [0.25, 0.3) is 0 Å². The Kier molecular flexibility index (Phi) is 9.77. The molecule has 1 aliphatic rings. The molecule has 0 saturated carbocycles. The quantitative estimate of drug-likeness (QED) is 0.317. The van der Waals surface area contributed by atoms with Gasteiger partial charge in [0.2, 0.25) is 11.8 Å². The SMILES string of the molecule is CS[C@H]1O[C@@H](c2ccc(C)c(Cc3ccc(CCCC(=O)NC(C)(C)C(N)=O)cc3)c2)[C@H](O)[C@@H](O)[C@@H]1O. The van der Waals surface area contributed by atoms with Crippen molar-refractivity contribution in [3.8, 4) is 0 Å². The average molecular weight is 531 g/mol. The summed E-state index contributed by atoms with van der Waals surface area (Å²) < 4.78 is 5.92. The smallest absolute Gasteiger partial charge is 0.242 e. The lowest BCUT2D eigenvalue weighted by molar-refractivity contribution is -0.200. The fourth-order valence-electron chi connectivity index (χ4n) is 4.35. The van der Waals surface area contributed by atoms with Gasteiger partial charge < -0.3 is 31.1 Å². The number of aliphatic hydroxyl groups excluding tert-OH is 3. The van der Waals surface area contributed by atoms with E-state index in [2.05, 4.69) is 29.6 Å². The lowest BCUT2D eigenvalue weighted by Crippen LogP contribution is -2.52. The second-order valence-electron chi connectivity index (χ2n) is 10.2. The fourth-order valence-corrected chi connectivity index (χ4v) is 5.02. The first-order valence-electron chi connectivity index (χ1n) is 12.4. The Morgan fingerprint density at radius 3 is 2.30 bits per heavy atom. The molecule has 5 atom stereocenters. The molecule has 1 fully saturated rings. The predicted molar refractivity (Wildman–Crippen MR) is 144 cm³/mol. The predicted octanol–water partition coefficient (Wildman–Crippen LogP) is 2.13. The molecule has 1 aliphatic heterocycles. The molecule has 0 bridgehead atoms. The van der Waals surface area contributed by atoms with Crippen LogP contribution in [-0.4, -0.2) is 62.7 Å².